The monoisotopic (exact) mass is 247 g/mol. The van der Waals surface area contributed by atoms with E-state index in [1.165, 1.54) is 0 Å². The highest BCUT2D eigenvalue weighted by Gasteiger charge is 2.20. The maximum absolute atomic E-state index is 12.0. The number of fused-ring (bicyclic) bond motifs is 1. The van der Waals surface area contributed by atoms with Gasteiger partial charge in [-0.05, 0) is 32.3 Å². The van der Waals surface area contributed by atoms with E-state index in [1.54, 1.807) is 6.20 Å². The van der Waals surface area contributed by atoms with Crippen LogP contribution in [0.15, 0.2) is 11.0 Å². The lowest BCUT2D eigenvalue weighted by Crippen LogP contribution is -2.19. The van der Waals surface area contributed by atoms with Crippen LogP contribution < -0.4 is 5.56 Å². The first kappa shape index (κ1) is 11.5. The van der Waals surface area contributed by atoms with Crippen molar-refractivity contribution in [2.45, 2.75) is 39.3 Å². The summed E-state index contributed by atoms with van der Waals surface area (Å²) >= 11 is 0. The van der Waals surface area contributed by atoms with E-state index in [1.807, 2.05) is 13.8 Å². The fraction of sp³-hybridized carbons (Fsp3) is 0.538. The first-order chi connectivity index (χ1) is 8.68. The third kappa shape index (κ3) is 1.66. The maximum atomic E-state index is 12.0. The number of hydrogen-bond donors (Lipinski definition) is 1. The number of aromatic nitrogens is 3. The number of rotatable bonds is 2. The van der Waals surface area contributed by atoms with Crippen LogP contribution in [0.2, 0.25) is 0 Å². The average Bonchev–Trinajstić information content (AvgIpc) is 2.94. The second kappa shape index (κ2) is 4.24. The maximum Gasteiger partial charge on any atom is 0.288 e. The predicted molar refractivity (Wildman–Crippen MR) is 68.8 cm³/mol. The van der Waals surface area contributed by atoms with Gasteiger partial charge >= 0.3 is 0 Å². The summed E-state index contributed by atoms with van der Waals surface area (Å²) in [7, 11) is 0. The number of ether oxygens (including phenoxy) is 1. The number of hydrogen-bond acceptors (Lipinski definition) is 3. The number of aromatic amines is 1. The smallest absolute Gasteiger partial charge is 0.288 e. The molecule has 0 bridgehead atoms. The topological polar surface area (TPSA) is 59.9 Å². The Kier molecular flexibility index (Phi) is 2.70. The van der Waals surface area contributed by atoms with Crippen molar-refractivity contribution in [3.05, 3.63) is 27.8 Å². The molecule has 3 rings (SSSR count). The second-order valence-corrected chi connectivity index (χ2v) is 4.92. The van der Waals surface area contributed by atoms with Crippen molar-refractivity contribution < 1.29 is 4.74 Å². The summed E-state index contributed by atoms with van der Waals surface area (Å²) in [5.41, 5.74) is 2.85. The summed E-state index contributed by atoms with van der Waals surface area (Å²) < 4.78 is 7.73. The third-order valence-electron chi connectivity index (χ3n) is 3.86. The lowest BCUT2D eigenvalue weighted by Gasteiger charge is -2.13. The van der Waals surface area contributed by atoms with Crippen LogP contribution in [0.1, 0.15) is 24.1 Å². The molecule has 2 aromatic heterocycles. The Labute approximate surface area is 105 Å². The molecule has 0 aromatic carbocycles. The Hall–Kier alpha value is -1.62. The van der Waals surface area contributed by atoms with Crippen molar-refractivity contribution in [3.63, 3.8) is 0 Å². The fourth-order valence-electron chi connectivity index (χ4n) is 2.72. The second-order valence-electron chi connectivity index (χ2n) is 4.92. The molecule has 1 saturated heterocycles. The van der Waals surface area contributed by atoms with Gasteiger partial charge < -0.3 is 9.30 Å². The molecule has 0 spiro atoms. The summed E-state index contributed by atoms with van der Waals surface area (Å²) in [6.45, 7) is 5.66. The van der Waals surface area contributed by atoms with Crippen molar-refractivity contribution >= 4 is 10.9 Å². The molecule has 5 nitrogen and oxygen atoms in total. The molecule has 96 valence electrons. The molecular weight excluding hydrogens is 230 g/mol. The lowest BCUT2D eigenvalue weighted by molar-refractivity contribution is 0.0975. The van der Waals surface area contributed by atoms with Gasteiger partial charge in [0, 0.05) is 24.2 Å². The molecule has 18 heavy (non-hydrogen) atoms. The van der Waals surface area contributed by atoms with Crippen molar-refractivity contribution in [3.8, 4) is 0 Å². The van der Waals surface area contributed by atoms with E-state index >= 15 is 0 Å². The highest BCUT2D eigenvalue weighted by Crippen LogP contribution is 2.24. The molecule has 3 heterocycles. The van der Waals surface area contributed by atoms with Gasteiger partial charge in [0.2, 0.25) is 0 Å². The molecule has 1 unspecified atom stereocenters. The Morgan fingerprint density at radius 1 is 1.56 bits per heavy atom. The molecule has 0 saturated carbocycles. The lowest BCUT2D eigenvalue weighted by atomic mass is 10.2. The van der Waals surface area contributed by atoms with Gasteiger partial charge in [-0.3, -0.25) is 4.79 Å². The van der Waals surface area contributed by atoms with Gasteiger partial charge in [-0.2, -0.15) is 5.10 Å². The fourth-order valence-corrected chi connectivity index (χ4v) is 2.72. The summed E-state index contributed by atoms with van der Waals surface area (Å²) in [6.07, 6.45) is 4.14. The zero-order valence-corrected chi connectivity index (χ0v) is 10.7. The quantitative estimate of drug-likeness (QED) is 0.875. The Morgan fingerprint density at radius 2 is 2.39 bits per heavy atom. The molecule has 1 aliphatic rings. The summed E-state index contributed by atoms with van der Waals surface area (Å²) in [5, 5.41) is 7.33. The average molecular weight is 247 g/mol. The van der Waals surface area contributed by atoms with E-state index in [0.717, 1.165) is 48.2 Å². The minimum atomic E-state index is -0.123. The van der Waals surface area contributed by atoms with Crippen molar-refractivity contribution in [1.82, 2.24) is 14.8 Å². The molecule has 1 fully saturated rings. The molecule has 1 N–H and O–H groups in total. The van der Waals surface area contributed by atoms with E-state index in [-0.39, 0.29) is 11.7 Å². The number of nitrogens with zero attached hydrogens (tertiary/aromatic N) is 2. The Bertz CT molecular complexity index is 635. The van der Waals surface area contributed by atoms with E-state index in [9.17, 15) is 4.79 Å². The van der Waals surface area contributed by atoms with Crippen LogP contribution in [-0.4, -0.2) is 27.5 Å². The molecule has 0 radical (unpaired) electrons. The SMILES string of the molecule is Cc1c(C)n(CC2CCCO2)c2c(=O)[nH]ncc12. The zero-order chi connectivity index (χ0) is 12.7. The van der Waals surface area contributed by atoms with Crippen molar-refractivity contribution in [2.75, 3.05) is 6.61 Å². The molecule has 1 aliphatic heterocycles. The van der Waals surface area contributed by atoms with Gasteiger partial charge in [-0.25, -0.2) is 5.10 Å². The van der Waals surface area contributed by atoms with Crippen LogP contribution in [-0.2, 0) is 11.3 Å². The third-order valence-corrected chi connectivity index (χ3v) is 3.86. The highest BCUT2D eigenvalue weighted by atomic mass is 16.5. The van der Waals surface area contributed by atoms with Crippen LogP contribution in [0.4, 0.5) is 0 Å². The minimum Gasteiger partial charge on any atom is -0.376 e. The largest absolute Gasteiger partial charge is 0.376 e. The van der Waals surface area contributed by atoms with Gasteiger partial charge in [0.05, 0.1) is 12.3 Å². The molecule has 1 atom stereocenters. The summed E-state index contributed by atoms with van der Waals surface area (Å²) in [4.78, 5) is 12.0. The van der Waals surface area contributed by atoms with Gasteiger partial charge in [0.25, 0.3) is 5.56 Å². The van der Waals surface area contributed by atoms with Gasteiger partial charge in [0.1, 0.15) is 5.52 Å². The van der Waals surface area contributed by atoms with Crippen LogP contribution in [0.5, 0.6) is 0 Å². The first-order valence-electron chi connectivity index (χ1n) is 6.33. The molecule has 5 heteroatoms. The number of nitrogens with one attached hydrogen (secondary N) is 1. The highest BCUT2D eigenvalue weighted by molar-refractivity contribution is 5.83. The van der Waals surface area contributed by atoms with Crippen LogP contribution in [0.25, 0.3) is 10.9 Å². The molecule has 0 amide bonds. The minimum absolute atomic E-state index is 0.123. The molecular formula is C13H17N3O2. The normalized spacial score (nSPS) is 19.8. The Balaban J connectivity index is 2.15. The van der Waals surface area contributed by atoms with Crippen molar-refractivity contribution in [2.24, 2.45) is 0 Å². The van der Waals surface area contributed by atoms with Crippen LogP contribution in [0, 0.1) is 13.8 Å². The summed E-state index contributed by atoms with van der Waals surface area (Å²) in [6, 6.07) is 0. The summed E-state index contributed by atoms with van der Waals surface area (Å²) in [5.74, 6) is 0. The predicted octanol–water partition coefficient (Wildman–Crippen LogP) is 1.52. The van der Waals surface area contributed by atoms with E-state index in [0.29, 0.717) is 0 Å². The van der Waals surface area contributed by atoms with Gasteiger partial charge in [0.15, 0.2) is 0 Å². The standard InChI is InChI=1S/C13H17N3O2/c1-8-9(2)16(7-10-4-3-5-18-10)12-11(8)6-14-15-13(12)17/h6,10H,3-5,7H2,1-2H3,(H,15,17). The molecule has 0 aliphatic carbocycles. The van der Waals surface area contributed by atoms with Crippen LogP contribution >= 0.6 is 0 Å². The number of H-pyrrole nitrogens is 1. The van der Waals surface area contributed by atoms with E-state index < -0.39 is 0 Å². The Morgan fingerprint density at radius 3 is 3.11 bits per heavy atom. The zero-order valence-electron chi connectivity index (χ0n) is 10.7. The van der Waals surface area contributed by atoms with Gasteiger partial charge in [-0.1, -0.05) is 0 Å². The van der Waals surface area contributed by atoms with Crippen LogP contribution in [0.3, 0.4) is 0 Å². The van der Waals surface area contributed by atoms with E-state index in [4.69, 9.17) is 4.74 Å². The van der Waals surface area contributed by atoms with E-state index in [2.05, 4.69) is 14.8 Å². The first-order valence-corrected chi connectivity index (χ1v) is 6.33. The van der Waals surface area contributed by atoms with Gasteiger partial charge in [-0.15, -0.1) is 0 Å². The number of aryl methyl sites for hydroxylation is 1. The molecule has 2 aromatic rings. The van der Waals surface area contributed by atoms with Crippen molar-refractivity contribution in [1.29, 1.82) is 0 Å².